The molecule has 0 spiro atoms. The first-order chi connectivity index (χ1) is 17.7. The number of aryl methyl sites for hydroxylation is 2. The van der Waals surface area contributed by atoms with Crippen LogP contribution in [0.4, 0.5) is 10.5 Å². The maximum absolute atomic E-state index is 12.9. The summed E-state index contributed by atoms with van der Waals surface area (Å²) in [6.07, 6.45) is -1.03. The minimum absolute atomic E-state index is 0.0000340. The van der Waals surface area contributed by atoms with Crippen LogP contribution >= 0.6 is 34.8 Å². The highest BCUT2D eigenvalue weighted by Crippen LogP contribution is 2.25. The number of pyridine rings is 1. The molecule has 2 amide bonds. The van der Waals surface area contributed by atoms with E-state index in [-0.39, 0.29) is 30.3 Å². The standard InChI is InChI=1S/C21H25Cl3N6O7S/c1-13-4-3-5-15(10-13)38(34,35)29-16-7-6-14(2)30(18(16)32)11-17(31)26-8-9-37-28-19(25)27-20(33)36-12-21(22,23)24/h3-7,10,29H,8-9,11-12H2,1-2H3,(H,26,31)(H3,25,27,28,33). The number of halogens is 3. The molecular formula is C21H25Cl3N6O7S. The molecule has 17 heteroatoms. The number of aromatic nitrogens is 1. The zero-order chi connectivity index (χ0) is 28.5. The Labute approximate surface area is 233 Å². The van der Waals surface area contributed by atoms with Gasteiger partial charge in [-0.25, -0.2) is 13.2 Å². The van der Waals surface area contributed by atoms with Crippen molar-refractivity contribution in [1.29, 1.82) is 0 Å². The molecule has 5 N–H and O–H groups in total. The number of amides is 2. The molecular weight excluding hydrogens is 587 g/mol. The Hall–Kier alpha value is -3.20. The Morgan fingerprint density at radius 2 is 1.87 bits per heavy atom. The van der Waals surface area contributed by atoms with Crippen LogP contribution in [0.2, 0.25) is 0 Å². The van der Waals surface area contributed by atoms with Gasteiger partial charge in [-0.1, -0.05) is 46.9 Å². The van der Waals surface area contributed by atoms with E-state index in [4.69, 9.17) is 45.4 Å². The quantitative estimate of drug-likeness (QED) is 0.103. The molecule has 0 fully saturated rings. The lowest BCUT2D eigenvalue weighted by Gasteiger charge is -2.14. The molecule has 208 valence electrons. The van der Waals surface area contributed by atoms with E-state index >= 15 is 0 Å². The number of carbonyl (C=O) groups is 2. The summed E-state index contributed by atoms with van der Waals surface area (Å²) in [6.45, 7) is 2.27. The smallest absolute Gasteiger partial charge is 0.414 e. The molecule has 38 heavy (non-hydrogen) atoms. The van der Waals surface area contributed by atoms with Gasteiger partial charge in [-0.2, -0.15) is 0 Å². The van der Waals surface area contributed by atoms with Crippen LogP contribution in [0.3, 0.4) is 0 Å². The van der Waals surface area contributed by atoms with Gasteiger partial charge in [0, 0.05) is 5.69 Å². The molecule has 1 aromatic carbocycles. The highest BCUT2D eigenvalue weighted by molar-refractivity contribution is 7.92. The lowest BCUT2D eigenvalue weighted by atomic mass is 10.2. The molecule has 1 heterocycles. The van der Waals surface area contributed by atoms with E-state index in [1.165, 1.54) is 24.3 Å². The van der Waals surface area contributed by atoms with Gasteiger partial charge in [0.1, 0.15) is 25.4 Å². The summed E-state index contributed by atoms with van der Waals surface area (Å²) in [5, 5.41) is 7.94. The minimum Gasteiger partial charge on any atom is -0.445 e. The summed E-state index contributed by atoms with van der Waals surface area (Å²) in [5.74, 6) is -0.999. The Kier molecular flexibility index (Phi) is 11.1. The molecule has 2 rings (SSSR count). The van der Waals surface area contributed by atoms with E-state index in [0.717, 1.165) is 10.1 Å². The van der Waals surface area contributed by atoms with Crippen molar-refractivity contribution >= 4 is 68.5 Å². The molecule has 0 radical (unpaired) electrons. The van der Waals surface area contributed by atoms with Gasteiger partial charge in [-0.05, 0) is 48.8 Å². The van der Waals surface area contributed by atoms with E-state index in [1.807, 2.05) is 5.32 Å². The predicted molar refractivity (Wildman–Crippen MR) is 143 cm³/mol. The van der Waals surface area contributed by atoms with Gasteiger partial charge in [0.2, 0.25) is 15.7 Å². The lowest BCUT2D eigenvalue weighted by molar-refractivity contribution is -0.122. The number of anilines is 1. The number of carbonyl (C=O) groups excluding carboxylic acids is 2. The molecule has 13 nitrogen and oxygen atoms in total. The highest BCUT2D eigenvalue weighted by Gasteiger charge is 2.22. The Bertz CT molecular complexity index is 1360. The molecule has 1 aromatic heterocycles. The fourth-order valence-electron chi connectivity index (χ4n) is 2.79. The number of oxime groups is 1. The number of hydrogen-bond donors (Lipinski definition) is 4. The first kappa shape index (κ1) is 31.0. The van der Waals surface area contributed by atoms with Crippen LogP contribution in [0.5, 0.6) is 0 Å². The number of sulfonamides is 1. The number of hydrogen-bond acceptors (Lipinski definition) is 8. The fourth-order valence-corrected chi connectivity index (χ4v) is 4.12. The largest absolute Gasteiger partial charge is 0.445 e. The van der Waals surface area contributed by atoms with E-state index in [0.29, 0.717) is 5.69 Å². The second kappa shape index (κ2) is 13.6. The zero-order valence-electron chi connectivity index (χ0n) is 20.2. The third-order valence-electron chi connectivity index (χ3n) is 4.51. The highest BCUT2D eigenvalue weighted by atomic mass is 35.6. The second-order valence-electron chi connectivity index (χ2n) is 7.68. The molecule has 0 saturated carbocycles. The molecule has 0 aliphatic heterocycles. The number of rotatable bonds is 10. The zero-order valence-corrected chi connectivity index (χ0v) is 23.2. The van der Waals surface area contributed by atoms with Crippen LogP contribution in [-0.4, -0.2) is 54.5 Å². The number of alkyl carbamates (subject to hydrolysis) is 1. The predicted octanol–water partition coefficient (Wildman–Crippen LogP) is 1.72. The van der Waals surface area contributed by atoms with Gasteiger partial charge in [0.15, 0.2) is 0 Å². The number of benzene rings is 1. The summed E-state index contributed by atoms with van der Waals surface area (Å²) in [7, 11) is -4.02. The Morgan fingerprint density at radius 3 is 2.53 bits per heavy atom. The van der Waals surface area contributed by atoms with Gasteiger partial charge >= 0.3 is 6.09 Å². The number of ether oxygens (including phenoxy) is 1. The number of alkyl halides is 3. The Morgan fingerprint density at radius 1 is 1.16 bits per heavy atom. The molecule has 0 atom stereocenters. The summed E-state index contributed by atoms with van der Waals surface area (Å²) < 4.78 is 31.6. The summed E-state index contributed by atoms with van der Waals surface area (Å²) in [6, 6.07) is 9.04. The third kappa shape index (κ3) is 10.3. The number of nitrogens with zero attached hydrogens (tertiary/aromatic N) is 2. The number of nitrogens with one attached hydrogen (secondary N) is 3. The van der Waals surface area contributed by atoms with Crippen LogP contribution < -0.4 is 26.6 Å². The summed E-state index contributed by atoms with van der Waals surface area (Å²) in [5.41, 5.74) is 5.70. The maximum Gasteiger partial charge on any atom is 0.414 e. The van der Waals surface area contributed by atoms with E-state index in [2.05, 4.69) is 19.9 Å². The van der Waals surface area contributed by atoms with Crippen molar-refractivity contribution in [1.82, 2.24) is 15.2 Å². The second-order valence-corrected chi connectivity index (χ2v) is 11.9. The fraction of sp³-hybridized carbons (Fsp3) is 0.333. The van der Waals surface area contributed by atoms with Crippen molar-refractivity contribution in [3.05, 3.63) is 58.0 Å². The van der Waals surface area contributed by atoms with E-state index in [1.54, 1.807) is 26.0 Å². The number of nitrogens with two attached hydrogens (primary N) is 1. The summed E-state index contributed by atoms with van der Waals surface area (Å²) >= 11 is 16.3. The van der Waals surface area contributed by atoms with Crippen molar-refractivity contribution in [2.75, 3.05) is 24.5 Å². The van der Waals surface area contributed by atoms with Gasteiger partial charge in [-0.15, -0.1) is 0 Å². The van der Waals surface area contributed by atoms with Gasteiger partial charge in [-0.3, -0.25) is 19.6 Å². The maximum atomic E-state index is 12.9. The van der Waals surface area contributed by atoms with Gasteiger partial charge < -0.3 is 25.2 Å². The molecule has 2 aromatic rings. The minimum atomic E-state index is -4.02. The van der Waals surface area contributed by atoms with Crippen LogP contribution in [0.15, 0.2) is 51.2 Å². The van der Waals surface area contributed by atoms with Crippen molar-refractivity contribution in [3.8, 4) is 0 Å². The van der Waals surface area contributed by atoms with Crippen LogP contribution in [0.25, 0.3) is 0 Å². The van der Waals surface area contributed by atoms with Crippen LogP contribution in [-0.2, 0) is 30.9 Å². The topological polar surface area (TPSA) is 183 Å². The average Bonchev–Trinajstić information content (AvgIpc) is 2.81. The van der Waals surface area contributed by atoms with Crippen molar-refractivity contribution in [2.45, 2.75) is 29.1 Å². The molecule has 0 aliphatic carbocycles. The monoisotopic (exact) mass is 610 g/mol. The first-order valence-electron chi connectivity index (χ1n) is 10.7. The normalized spacial score (nSPS) is 12.0. The van der Waals surface area contributed by atoms with Crippen LogP contribution in [0.1, 0.15) is 11.3 Å². The summed E-state index contributed by atoms with van der Waals surface area (Å²) in [4.78, 5) is 41.5. The lowest BCUT2D eigenvalue weighted by Crippen LogP contribution is -2.38. The van der Waals surface area contributed by atoms with E-state index < -0.39 is 43.9 Å². The van der Waals surface area contributed by atoms with Crippen molar-refractivity contribution < 1.29 is 27.6 Å². The van der Waals surface area contributed by atoms with Crippen LogP contribution in [0, 0.1) is 13.8 Å². The van der Waals surface area contributed by atoms with E-state index in [9.17, 15) is 22.8 Å². The first-order valence-corrected chi connectivity index (χ1v) is 13.3. The average molecular weight is 612 g/mol. The van der Waals surface area contributed by atoms with Gasteiger partial charge in [0.25, 0.3) is 15.6 Å². The molecule has 0 bridgehead atoms. The number of guanidine groups is 1. The molecule has 0 saturated heterocycles. The van der Waals surface area contributed by atoms with Crippen molar-refractivity contribution in [3.63, 3.8) is 0 Å². The molecule has 0 unspecified atom stereocenters. The Balaban J connectivity index is 1.89. The van der Waals surface area contributed by atoms with Gasteiger partial charge in [0.05, 0.1) is 11.4 Å². The molecule has 0 aliphatic rings. The third-order valence-corrected chi connectivity index (χ3v) is 6.20. The SMILES string of the molecule is Cc1cccc(S(=O)(=O)Nc2ccc(C)n(CC(=O)NCCO/N=C(\N)NC(=O)OCC(Cl)(Cl)Cl)c2=O)c1. The van der Waals surface area contributed by atoms with Crippen molar-refractivity contribution in [2.24, 2.45) is 10.9 Å².